The molecule has 7 aliphatic rings. The number of amides is 1. The van der Waals surface area contributed by atoms with Crippen molar-refractivity contribution in [2.24, 2.45) is 11.3 Å². The first-order valence-electron chi connectivity index (χ1n) is 24.9. The van der Waals surface area contributed by atoms with Crippen LogP contribution in [-0.2, 0) is 14.8 Å². The number of aliphatic hydroxyl groups is 1. The number of carbonyl (C=O) groups excluding carboxylic acids is 1. The average Bonchev–Trinajstić information content (AvgIpc) is 4.10. The van der Waals surface area contributed by atoms with Crippen LogP contribution in [0.1, 0.15) is 106 Å². The van der Waals surface area contributed by atoms with Gasteiger partial charge in [-0.15, -0.1) is 0 Å². The van der Waals surface area contributed by atoms with Gasteiger partial charge in [0.25, 0.3) is 21.6 Å². The van der Waals surface area contributed by atoms with Gasteiger partial charge in [0.2, 0.25) is 5.88 Å². The molecule has 7 heterocycles. The van der Waals surface area contributed by atoms with E-state index in [2.05, 4.69) is 62.9 Å². The molecule has 0 bridgehead atoms. The van der Waals surface area contributed by atoms with E-state index >= 15 is 0 Å². The zero-order chi connectivity index (χ0) is 48.3. The first-order valence-corrected chi connectivity index (χ1v) is 26.4. The average molecular weight is 973 g/mol. The number of anilines is 4. The van der Waals surface area contributed by atoms with Gasteiger partial charge in [0.05, 0.1) is 52.0 Å². The lowest BCUT2D eigenvalue weighted by molar-refractivity contribution is -0.384. The second kappa shape index (κ2) is 16.8. The van der Waals surface area contributed by atoms with Gasteiger partial charge in [-0.05, 0) is 118 Å². The van der Waals surface area contributed by atoms with Crippen molar-refractivity contribution in [3.05, 3.63) is 99.7 Å². The van der Waals surface area contributed by atoms with Crippen molar-refractivity contribution in [1.82, 2.24) is 19.6 Å². The Balaban J connectivity index is 0.833. The standard InChI is InChI=1S/C52H60N8O9S/c1-30(2)36-7-4-5-8-37(36)40-9-6-18-58(40)34-23-52(24-34)28-57(29-52)33-10-11-38(41(20-33)59-43-19-32-14-17-53-48(32)55-50(43)69-46-27-67-26-44(46)59)49(61)56-70(65,66)35-21-42(60(63)64)47-45(22-35)68-25-39(54-47)31-12-15-51(3,62)16-13-31/h4-5,7-8,10-11,14,17,19-22,30-31,34,39-40,44,46,54,62H,6,9,12-13,15-16,18,23-29H2,1-3H3,(H,53,55)(H,56,61)/t31?,39-,40-,44+,46+,51?/m0/s1. The summed E-state index contributed by atoms with van der Waals surface area (Å²) in [5, 5.41) is 27.1. The van der Waals surface area contributed by atoms with Gasteiger partial charge in [0.1, 0.15) is 24.0 Å². The molecule has 0 radical (unpaired) electrons. The molecule has 70 heavy (non-hydrogen) atoms. The Morgan fingerprint density at radius 2 is 1.80 bits per heavy atom. The van der Waals surface area contributed by atoms with Gasteiger partial charge in [-0.1, -0.05) is 38.1 Å². The number of benzene rings is 3. The molecule has 2 aromatic heterocycles. The molecule has 5 aromatic rings. The van der Waals surface area contributed by atoms with Crippen LogP contribution in [0.5, 0.6) is 11.6 Å². The van der Waals surface area contributed by atoms with Crippen molar-refractivity contribution in [1.29, 1.82) is 0 Å². The van der Waals surface area contributed by atoms with E-state index in [1.807, 2.05) is 36.1 Å². The molecule has 18 heteroatoms. The summed E-state index contributed by atoms with van der Waals surface area (Å²) in [4.78, 5) is 41.2. The molecule has 5 fully saturated rings. The van der Waals surface area contributed by atoms with Crippen LogP contribution < -0.4 is 29.3 Å². The summed E-state index contributed by atoms with van der Waals surface area (Å²) in [6.45, 7) is 9.96. The van der Waals surface area contributed by atoms with Crippen LogP contribution in [-0.4, -0.2) is 109 Å². The Morgan fingerprint density at radius 1 is 1.00 bits per heavy atom. The topological polar surface area (TPSA) is 205 Å². The molecule has 2 saturated carbocycles. The quantitative estimate of drug-likeness (QED) is 0.0776. The van der Waals surface area contributed by atoms with Crippen molar-refractivity contribution in [3.8, 4) is 11.6 Å². The molecule has 17 nitrogen and oxygen atoms in total. The second-order valence-corrected chi connectivity index (χ2v) is 23.2. The monoisotopic (exact) mass is 972 g/mol. The molecule has 3 saturated heterocycles. The van der Waals surface area contributed by atoms with Crippen molar-refractivity contribution in [3.63, 3.8) is 0 Å². The van der Waals surface area contributed by atoms with E-state index in [9.17, 15) is 28.4 Å². The van der Waals surface area contributed by atoms with Crippen molar-refractivity contribution in [2.45, 2.75) is 119 Å². The highest BCUT2D eigenvalue weighted by Crippen LogP contribution is 2.55. The Morgan fingerprint density at radius 3 is 2.59 bits per heavy atom. The van der Waals surface area contributed by atoms with E-state index in [-0.39, 0.29) is 47.0 Å². The number of nitro groups is 1. The van der Waals surface area contributed by atoms with Gasteiger partial charge in [0.15, 0.2) is 11.4 Å². The Bertz CT molecular complexity index is 3010. The van der Waals surface area contributed by atoms with Crippen molar-refractivity contribution in [2.75, 3.05) is 54.6 Å². The molecule has 4 atom stereocenters. The SMILES string of the molecule is CC(C)c1ccccc1[C@@H]1CCCN1C1CC2(C1)CN(c1ccc(C(=O)NS(=O)(=O)c3cc4c(c([N+](=O)[O-])c3)N[C@H](C3CCC(C)(O)CC3)CO4)c(N3c4cc5cc[nH]c5nc4O[C@@H]4COC[C@H]43)c1)C2. The number of hydrogen-bond donors (Lipinski definition) is 4. The number of ether oxygens (including phenoxy) is 3. The number of nitro benzene ring substituents is 1. The van der Waals surface area contributed by atoms with Gasteiger partial charge in [0, 0.05) is 60.0 Å². The third-order valence-electron chi connectivity index (χ3n) is 16.5. The van der Waals surface area contributed by atoms with Gasteiger partial charge >= 0.3 is 0 Å². The lowest BCUT2D eigenvalue weighted by atomic mass is 9.60. The van der Waals surface area contributed by atoms with Crippen LogP contribution in [0, 0.1) is 21.4 Å². The number of hydrogen-bond acceptors (Lipinski definition) is 14. The molecule has 4 N–H and O–H groups in total. The molecule has 368 valence electrons. The number of aromatic amines is 1. The Labute approximate surface area is 407 Å². The fourth-order valence-electron chi connectivity index (χ4n) is 12.8. The van der Waals surface area contributed by atoms with E-state index in [0.717, 1.165) is 49.6 Å². The predicted molar refractivity (Wildman–Crippen MR) is 264 cm³/mol. The van der Waals surface area contributed by atoms with Gasteiger partial charge in [-0.3, -0.25) is 19.8 Å². The summed E-state index contributed by atoms with van der Waals surface area (Å²) in [5.74, 6) is 0.0292. The molecule has 2 aliphatic carbocycles. The lowest BCUT2D eigenvalue weighted by Gasteiger charge is -2.62. The van der Waals surface area contributed by atoms with Gasteiger partial charge in [-0.2, -0.15) is 4.98 Å². The highest BCUT2D eigenvalue weighted by molar-refractivity contribution is 7.90. The number of aromatic nitrogens is 2. The highest BCUT2D eigenvalue weighted by Gasteiger charge is 2.55. The van der Waals surface area contributed by atoms with Crippen LogP contribution in [0.15, 0.2) is 77.8 Å². The molecular formula is C52H60N8O9S. The summed E-state index contributed by atoms with van der Waals surface area (Å²) >= 11 is 0. The molecule has 1 amide bonds. The summed E-state index contributed by atoms with van der Waals surface area (Å²) in [5.41, 5.74) is 4.65. The fourth-order valence-corrected chi connectivity index (χ4v) is 13.8. The zero-order valence-corrected chi connectivity index (χ0v) is 40.5. The van der Waals surface area contributed by atoms with E-state index < -0.39 is 43.1 Å². The number of carbonyl (C=O) groups is 1. The molecule has 5 aliphatic heterocycles. The molecule has 0 unspecified atom stereocenters. The van der Waals surface area contributed by atoms with Crippen molar-refractivity contribution < 1.29 is 37.5 Å². The minimum absolute atomic E-state index is 0.00806. The zero-order valence-electron chi connectivity index (χ0n) is 39.7. The largest absolute Gasteiger partial charge is 0.489 e. The first kappa shape index (κ1) is 45.2. The summed E-state index contributed by atoms with van der Waals surface area (Å²) in [6.07, 6.45) is 8.62. The minimum Gasteiger partial charge on any atom is -0.489 e. The lowest BCUT2D eigenvalue weighted by Crippen LogP contribution is -2.66. The summed E-state index contributed by atoms with van der Waals surface area (Å²) < 4.78 is 49.3. The number of sulfonamides is 1. The van der Waals surface area contributed by atoms with Crippen LogP contribution >= 0.6 is 0 Å². The second-order valence-electron chi connectivity index (χ2n) is 21.6. The number of nitrogens with one attached hydrogen (secondary N) is 3. The number of fused-ring (bicyclic) bond motifs is 4. The van der Waals surface area contributed by atoms with E-state index in [1.165, 1.54) is 30.0 Å². The maximum atomic E-state index is 14.7. The molecule has 1 spiro atoms. The smallest absolute Gasteiger partial charge is 0.297 e. The maximum Gasteiger partial charge on any atom is 0.297 e. The minimum atomic E-state index is -4.70. The fraction of sp³-hybridized carbons (Fsp3) is 0.500. The van der Waals surface area contributed by atoms with Crippen LogP contribution in [0.4, 0.5) is 28.4 Å². The third kappa shape index (κ3) is 7.81. The van der Waals surface area contributed by atoms with Crippen LogP contribution in [0.25, 0.3) is 11.0 Å². The molecular weight excluding hydrogens is 913 g/mol. The number of pyridine rings is 1. The summed E-state index contributed by atoms with van der Waals surface area (Å²) in [7, 11) is -4.70. The van der Waals surface area contributed by atoms with Crippen molar-refractivity contribution >= 4 is 55.4 Å². The number of H-pyrrole nitrogens is 1. The summed E-state index contributed by atoms with van der Waals surface area (Å²) in [6, 6.07) is 20.8. The maximum absolute atomic E-state index is 14.7. The number of nitrogens with zero attached hydrogens (tertiary/aromatic N) is 5. The molecule has 3 aromatic carbocycles. The normalized spacial score (nSPS) is 27.2. The van der Waals surface area contributed by atoms with Gasteiger partial charge in [-0.25, -0.2) is 13.1 Å². The van der Waals surface area contributed by atoms with E-state index in [0.29, 0.717) is 79.8 Å². The van der Waals surface area contributed by atoms with Crippen LogP contribution in [0.2, 0.25) is 0 Å². The third-order valence-corrected chi connectivity index (χ3v) is 17.8. The van der Waals surface area contributed by atoms with Crippen LogP contribution in [0.3, 0.4) is 0 Å². The van der Waals surface area contributed by atoms with Gasteiger partial charge < -0.3 is 39.4 Å². The highest BCUT2D eigenvalue weighted by atomic mass is 32.2. The van der Waals surface area contributed by atoms with E-state index in [1.54, 1.807) is 12.3 Å². The number of rotatable bonds is 10. The first-order chi connectivity index (χ1) is 33.6. The number of likely N-dealkylation sites (tertiary alicyclic amines) is 1. The molecule has 12 rings (SSSR count). The Hall–Kier alpha value is -5.95. The predicted octanol–water partition coefficient (Wildman–Crippen LogP) is 7.93. The Kier molecular flexibility index (Phi) is 10.9. The van der Waals surface area contributed by atoms with E-state index in [4.69, 9.17) is 19.2 Å².